The highest BCUT2D eigenvalue weighted by atomic mass is 35.5. The number of halogens is 1. The van der Waals surface area contributed by atoms with Crippen LogP contribution in [0.25, 0.3) is 0 Å². The van der Waals surface area contributed by atoms with Crippen LogP contribution in [0.15, 0.2) is 29.2 Å². The number of carbonyl (C=O) groups excluding carboxylic acids is 1. The van der Waals surface area contributed by atoms with Crippen molar-refractivity contribution < 1.29 is 13.2 Å². The molecule has 0 aliphatic heterocycles. The van der Waals surface area contributed by atoms with Crippen LogP contribution in [0, 0.1) is 11.3 Å². The highest BCUT2D eigenvalue weighted by Gasteiger charge is 2.61. The lowest BCUT2D eigenvalue weighted by Gasteiger charge is -2.04. The first-order chi connectivity index (χ1) is 8.69. The van der Waals surface area contributed by atoms with Crippen LogP contribution in [-0.4, -0.2) is 20.1 Å². The van der Waals surface area contributed by atoms with E-state index in [1.807, 2.05) is 13.8 Å². The van der Waals surface area contributed by atoms with E-state index in [0.29, 0.717) is 0 Å². The molecular formula is C13H16ClNO3S. The summed E-state index contributed by atoms with van der Waals surface area (Å²) in [6.45, 7) is 4.03. The van der Waals surface area contributed by atoms with E-state index in [4.69, 9.17) is 16.7 Å². The lowest BCUT2D eigenvalue weighted by Crippen LogP contribution is -2.11. The number of ketones is 1. The number of hydrogen-bond donors (Lipinski definition) is 1. The van der Waals surface area contributed by atoms with E-state index in [1.54, 1.807) is 12.1 Å². The maximum atomic E-state index is 11.8. The third-order valence-electron chi connectivity index (χ3n) is 3.87. The molecule has 6 heteroatoms. The molecule has 4 nitrogen and oxygen atoms in total. The molecule has 0 heterocycles. The van der Waals surface area contributed by atoms with Gasteiger partial charge in [0.2, 0.25) is 10.0 Å². The molecule has 1 fully saturated rings. The van der Waals surface area contributed by atoms with Gasteiger partial charge < -0.3 is 0 Å². The largest absolute Gasteiger partial charge is 0.298 e. The van der Waals surface area contributed by atoms with Gasteiger partial charge in [0, 0.05) is 5.92 Å². The second-order valence-electron chi connectivity index (χ2n) is 5.49. The van der Waals surface area contributed by atoms with Crippen molar-refractivity contribution in [3.8, 4) is 0 Å². The van der Waals surface area contributed by atoms with E-state index in [1.165, 1.54) is 12.1 Å². The molecule has 1 aliphatic carbocycles. The first-order valence-corrected chi connectivity index (χ1v) is 7.99. The zero-order valence-corrected chi connectivity index (χ0v) is 12.3. The van der Waals surface area contributed by atoms with Crippen molar-refractivity contribution in [3.63, 3.8) is 0 Å². The Morgan fingerprint density at radius 3 is 2.26 bits per heavy atom. The first kappa shape index (κ1) is 14.5. The van der Waals surface area contributed by atoms with Gasteiger partial charge in [0.25, 0.3) is 0 Å². The molecule has 2 N–H and O–H groups in total. The van der Waals surface area contributed by atoms with Crippen LogP contribution >= 0.6 is 11.6 Å². The zero-order valence-electron chi connectivity index (χ0n) is 10.8. The van der Waals surface area contributed by atoms with Gasteiger partial charge in [-0.25, -0.2) is 13.6 Å². The van der Waals surface area contributed by atoms with Crippen molar-refractivity contribution in [1.82, 2.24) is 0 Å². The van der Waals surface area contributed by atoms with Gasteiger partial charge in [0.05, 0.1) is 10.8 Å². The summed E-state index contributed by atoms with van der Waals surface area (Å²) in [4.78, 5) is 11.8. The Morgan fingerprint density at radius 1 is 1.32 bits per heavy atom. The van der Waals surface area contributed by atoms with Crippen LogP contribution in [-0.2, 0) is 14.8 Å². The minimum atomic E-state index is -3.68. The molecule has 0 saturated heterocycles. The molecule has 0 amide bonds. The molecule has 19 heavy (non-hydrogen) atoms. The molecule has 0 unspecified atom stereocenters. The summed E-state index contributed by atoms with van der Waals surface area (Å²) >= 11 is 5.61. The topological polar surface area (TPSA) is 77.2 Å². The van der Waals surface area contributed by atoms with Crippen molar-refractivity contribution in [2.24, 2.45) is 16.5 Å². The van der Waals surface area contributed by atoms with E-state index in [-0.39, 0.29) is 33.8 Å². The van der Waals surface area contributed by atoms with Crippen molar-refractivity contribution in [1.29, 1.82) is 0 Å². The van der Waals surface area contributed by atoms with Crippen LogP contribution in [0.3, 0.4) is 0 Å². The number of nitrogens with two attached hydrogens (primary N) is 1. The summed E-state index contributed by atoms with van der Waals surface area (Å²) in [7, 11) is -3.68. The summed E-state index contributed by atoms with van der Waals surface area (Å²) < 4.78 is 22.4. The van der Waals surface area contributed by atoms with E-state index < -0.39 is 10.0 Å². The van der Waals surface area contributed by atoms with Crippen molar-refractivity contribution in [2.45, 2.75) is 24.7 Å². The van der Waals surface area contributed by atoms with Gasteiger partial charge in [-0.3, -0.25) is 4.79 Å². The van der Waals surface area contributed by atoms with Gasteiger partial charge in [-0.2, -0.15) is 0 Å². The molecule has 0 bridgehead atoms. The van der Waals surface area contributed by atoms with Gasteiger partial charge in [0.1, 0.15) is 0 Å². The molecule has 0 aromatic heterocycles. The number of alkyl halides is 1. The normalized spacial score (nSPS) is 25.1. The molecule has 104 valence electrons. The molecule has 2 rings (SSSR count). The van der Waals surface area contributed by atoms with Crippen LogP contribution in [0.5, 0.6) is 0 Å². The minimum absolute atomic E-state index is 0.0137. The molecular weight excluding hydrogens is 286 g/mol. The maximum Gasteiger partial charge on any atom is 0.238 e. The van der Waals surface area contributed by atoms with Gasteiger partial charge in [-0.15, -0.1) is 11.6 Å². The number of sulfonamides is 1. The fourth-order valence-corrected chi connectivity index (χ4v) is 3.49. The third-order valence-corrected chi connectivity index (χ3v) is 5.07. The van der Waals surface area contributed by atoms with E-state index in [0.717, 1.165) is 5.56 Å². The monoisotopic (exact) mass is 301 g/mol. The molecule has 2 atom stereocenters. The Labute approximate surface area is 118 Å². The second-order valence-corrected chi connectivity index (χ2v) is 7.32. The fraction of sp³-hybridized carbons (Fsp3) is 0.462. The Hall–Kier alpha value is -0.910. The average Bonchev–Trinajstić information content (AvgIpc) is 2.90. The highest BCUT2D eigenvalue weighted by Crippen LogP contribution is 2.64. The van der Waals surface area contributed by atoms with E-state index in [9.17, 15) is 13.2 Å². The van der Waals surface area contributed by atoms with E-state index >= 15 is 0 Å². The Balaban J connectivity index is 2.28. The Kier molecular flexibility index (Phi) is 3.49. The van der Waals surface area contributed by atoms with Crippen molar-refractivity contribution in [2.75, 3.05) is 5.88 Å². The lowest BCUT2D eigenvalue weighted by molar-refractivity contribution is -0.118. The zero-order chi connectivity index (χ0) is 14.4. The number of benzene rings is 1. The smallest absolute Gasteiger partial charge is 0.238 e. The van der Waals surface area contributed by atoms with Crippen molar-refractivity contribution >= 4 is 27.4 Å². The maximum absolute atomic E-state index is 11.8. The first-order valence-electron chi connectivity index (χ1n) is 5.91. The minimum Gasteiger partial charge on any atom is -0.298 e. The van der Waals surface area contributed by atoms with Crippen LogP contribution in [0.4, 0.5) is 0 Å². The Bertz CT molecular complexity index is 607. The molecule has 0 radical (unpaired) electrons. The van der Waals surface area contributed by atoms with Crippen LogP contribution in [0.1, 0.15) is 25.3 Å². The van der Waals surface area contributed by atoms with Gasteiger partial charge in [-0.1, -0.05) is 26.0 Å². The predicted octanol–water partition coefficient (Wildman–Crippen LogP) is 1.88. The second kappa shape index (κ2) is 4.58. The van der Waals surface area contributed by atoms with Gasteiger partial charge in [-0.05, 0) is 29.0 Å². The number of primary sulfonamides is 1. The summed E-state index contributed by atoms with van der Waals surface area (Å²) in [5, 5.41) is 5.05. The molecule has 1 aromatic carbocycles. The number of carbonyl (C=O) groups is 1. The fourth-order valence-electron chi connectivity index (χ4n) is 2.81. The third kappa shape index (κ3) is 2.55. The quantitative estimate of drug-likeness (QED) is 0.863. The summed E-state index contributed by atoms with van der Waals surface area (Å²) in [6.07, 6.45) is 0. The summed E-state index contributed by atoms with van der Waals surface area (Å²) in [5.74, 6) is 0.0469. The number of rotatable bonds is 4. The standard InChI is InChI=1S/C13H16ClNO3S/c1-13(2)11(12(13)10(16)7-14)8-3-5-9(6-4-8)19(15,17)18/h3-6,11-12H,7H2,1-2H3,(H2,15,17,18)/t11-,12-/m1/s1. The molecule has 1 aromatic rings. The van der Waals surface area contributed by atoms with E-state index in [2.05, 4.69) is 0 Å². The van der Waals surface area contributed by atoms with Gasteiger partial charge >= 0.3 is 0 Å². The Morgan fingerprint density at radius 2 is 1.84 bits per heavy atom. The highest BCUT2D eigenvalue weighted by molar-refractivity contribution is 7.89. The van der Waals surface area contributed by atoms with Crippen LogP contribution in [0.2, 0.25) is 0 Å². The van der Waals surface area contributed by atoms with Crippen molar-refractivity contribution in [3.05, 3.63) is 29.8 Å². The van der Waals surface area contributed by atoms with Gasteiger partial charge in [0.15, 0.2) is 5.78 Å². The van der Waals surface area contributed by atoms with Crippen LogP contribution < -0.4 is 5.14 Å². The summed E-state index contributed by atoms with van der Waals surface area (Å²) in [5.41, 5.74) is 0.815. The predicted molar refractivity (Wildman–Crippen MR) is 73.6 cm³/mol. The molecule has 0 spiro atoms. The summed E-state index contributed by atoms with van der Waals surface area (Å²) in [6, 6.07) is 6.38. The SMILES string of the molecule is CC1(C)[C@H](C(=O)CCl)[C@H]1c1ccc(S(N)(=O)=O)cc1. The molecule has 1 saturated carbocycles. The number of hydrogen-bond acceptors (Lipinski definition) is 3. The lowest BCUT2D eigenvalue weighted by atomic mass is 10.0. The number of Topliss-reactive ketones (excluding diaryl/α,β-unsaturated/α-hetero) is 1. The molecule has 1 aliphatic rings. The average molecular weight is 302 g/mol.